The smallest absolute Gasteiger partial charge is 0.253 e. The van der Waals surface area contributed by atoms with Gasteiger partial charge in [0.05, 0.1) is 0 Å². The molecule has 1 rings (SSSR count). The summed E-state index contributed by atoms with van der Waals surface area (Å²) >= 11 is 0. The largest absolute Gasteiger partial charge is 0.355 e. The van der Waals surface area contributed by atoms with Crippen molar-refractivity contribution in [1.29, 1.82) is 0 Å². The van der Waals surface area contributed by atoms with Gasteiger partial charge in [-0.25, -0.2) is 0 Å². The monoisotopic (exact) mass is 234 g/mol. The first-order valence-electron chi connectivity index (χ1n) is 5.75. The summed E-state index contributed by atoms with van der Waals surface area (Å²) in [6.45, 7) is 5.26. The Balaban J connectivity index is 2.87. The fourth-order valence-corrected chi connectivity index (χ4v) is 1.60. The van der Waals surface area contributed by atoms with Gasteiger partial charge in [0.2, 0.25) is 0 Å². The van der Waals surface area contributed by atoms with E-state index in [1.807, 2.05) is 13.8 Å². The molecule has 0 radical (unpaired) electrons. The van der Waals surface area contributed by atoms with Crippen LogP contribution in [0.15, 0.2) is 24.3 Å². The van der Waals surface area contributed by atoms with Crippen molar-refractivity contribution < 1.29 is 9.59 Å². The molecule has 1 aromatic carbocycles. The zero-order chi connectivity index (χ0) is 12.8. The van der Waals surface area contributed by atoms with Gasteiger partial charge >= 0.3 is 0 Å². The highest BCUT2D eigenvalue weighted by molar-refractivity contribution is 5.97. The van der Waals surface area contributed by atoms with Crippen LogP contribution in [-0.2, 0) is 0 Å². The van der Waals surface area contributed by atoms with E-state index in [-0.39, 0.29) is 11.8 Å². The number of nitrogens with one attached hydrogen (secondary N) is 1. The lowest BCUT2D eigenvalue weighted by molar-refractivity contribution is 0.0772. The topological polar surface area (TPSA) is 49.4 Å². The molecule has 2 amide bonds. The second-order valence-electron chi connectivity index (χ2n) is 3.63. The van der Waals surface area contributed by atoms with E-state index in [9.17, 15) is 9.59 Å². The molecule has 0 unspecified atom stereocenters. The first-order valence-corrected chi connectivity index (χ1v) is 5.75. The number of carbonyl (C=O) groups is 2. The molecule has 0 aliphatic rings. The molecule has 0 spiro atoms. The molecule has 0 saturated heterocycles. The number of amides is 2. The lowest BCUT2D eigenvalue weighted by atomic mass is 10.1. The fourth-order valence-electron chi connectivity index (χ4n) is 1.60. The van der Waals surface area contributed by atoms with Gasteiger partial charge in [-0.05, 0) is 38.1 Å². The van der Waals surface area contributed by atoms with Crippen LogP contribution in [0.1, 0.15) is 34.6 Å². The summed E-state index contributed by atoms with van der Waals surface area (Å²) in [7, 11) is 1.58. The standard InChI is InChI=1S/C13H18N2O2/c1-4-15(5-2)13(17)11-8-6-10(7-9-11)12(16)14-3/h6-9H,4-5H2,1-3H3,(H,14,16). The Morgan fingerprint density at radius 1 is 1.06 bits per heavy atom. The van der Waals surface area contributed by atoms with Crippen LogP contribution in [-0.4, -0.2) is 36.9 Å². The molecule has 92 valence electrons. The highest BCUT2D eigenvalue weighted by Crippen LogP contribution is 2.07. The summed E-state index contributed by atoms with van der Waals surface area (Å²) in [6.07, 6.45) is 0. The molecule has 4 nitrogen and oxygen atoms in total. The third-order valence-corrected chi connectivity index (χ3v) is 2.67. The Kier molecular flexibility index (Phi) is 4.69. The van der Waals surface area contributed by atoms with Gasteiger partial charge in [-0.3, -0.25) is 9.59 Å². The third-order valence-electron chi connectivity index (χ3n) is 2.67. The fraction of sp³-hybridized carbons (Fsp3) is 0.385. The maximum absolute atomic E-state index is 12.0. The number of nitrogens with zero attached hydrogens (tertiary/aromatic N) is 1. The summed E-state index contributed by atoms with van der Waals surface area (Å²) in [6, 6.07) is 6.70. The van der Waals surface area contributed by atoms with Crippen molar-refractivity contribution in [2.24, 2.45) is 0 Å². The van der Waals surface area contributed by atoms with E-state index >= 15 is 0 Å². The maximum Gasteiger partial charge on any atom is 0.253 e. The van der Waals surface area contributed by atoms with E-state index in [0.29, 0.717) is 24.2 Å². The van der Waals surface area contributed by atoms with E-state index in [2.05, 4.69) is 5.32 Å². The molecule has 0 bridgehead atoms. The maximum atomic E-state index is 12.0. The van der Waals surface area contributed by atoms with Crippen LogP contribution in [0.3, 0.4) is 0 Å². The van der Waals surface area contributed by atoms with E-state index < -0.39 is 0 Å². The quantitative estimate of drug-likeness (QED) is 0.858. The Morgan fingerprint density at radius 3 is 1.94 bits per heavy atom. The van der Waals surface area contributed by atoms with Crippen molar-refractivity contribution in [3.63, 3.8) is 0 Å². The number of hydrogen-bond donors (Lipinski definition) is 1. The number of carbonyl (C=O) groups excluding carboxylic acids is 2. The predicted octanol–water partition coefficient (Wildman–Crippen LogP) is 1.53. The van der Waals surface area contributed by atoms with Gasteiger partial charge in [0.15, 0.2) is 0 Å². The third kappa shape index (κ3) is 3.06. The predicted molar refractivity (Wildman–Crippen MR) is 67.1 cm³/mol. The average molecular weight is 234 g/mol. The van der Waals surface area contributed by atoms with Crippen molar-refractivity contribution in [1.82, 2.24) is 10.2 Å². The Morgan fingerprint density at radius 2 is 1.53 bits per heavy atom. The van der Waals surface area contributed by atoms with Crippen molar-refractivity contribution in [3.05, 3.63) is 35.4 Å². The molecule has 0 heterocycles. The van der Waals surface area contributed by atoms with Crippen LogP contribution in [0.5, 0.6) is 0 Å². The molecule has 0 aromatic heterocycles. The van der Waals surface area contributed by atoms with E-state index in [0.717, 1.165) is 0 Å². The highest BCUT2D eigenvalue weighted by Gasteiger charge is 2.12. The Bertz CT molecular complexity index is 394. The summed E-state index contributed by atoms with van der Waals surface area (Å²) < 4.78 is 0. The Hall–Kier alpha value is -1.84. The minimum Gasteiger partial charge on any atom is -0.355 e. The summed E-state index contributed by atoms with van der Waals surface area (Å²) in [5.74, 6) is -0.148. The zero-order valence-corrected chi connectivity index (χ0v) is 10.5. The van der Waals surface area contributed by atoms with Crippen LogP contribution in [0.4, 0.5) is 0 Å². The van der Waals surface area contributed by atoms with Crippen LogP contribution >= 0.6 is 0 Å². The zero-order valence-electron chi connectivity index (χ0n) is 10.5. The molecular weight excluding hydrogens is 216 g/mol. The van der Waals surface area contributed by atoms with Gasteiger partial charge in [0, 0.05) is 31.3 Å². The molecular formula is C13H18N2O2. The van der Waals surface area contributed by atoms with Crippen molar-refractivity contribution in [3.8, 4) is 0 Å². The van der Waals surface area contributed by atoms with Crippen molar-refractivity contribution in [2.45, 2.75) is 13.8 Å². The minimum absolute atomic E-state index is 0.00143. The lowest BCUT2D eigenvalue weighted by Gasteiger charge is -2.18. The van der Waals surface area contributed by atoms with Crippen molar-refractivity contribution in [2.75, 3.05) is 20.1 Å². The SMILES string of the molecule is CCN(CC)C(=O)c1ccc(C(=O)NC)cc1. The van der Waals surface area contributed by atoms with Crippen LogP contribution in [0.25, 0.3) is 0 Å². The molecule has 0 atom stereocenters. The van der Waals surface area contributed by atoms with Crippen LogP contribution in [0, 0.1) is 0 Å². The lowest BCUT2D eigenvalue weighted by Crippen LogP contribution is -2.30. The molecule has 0 saturated carbocycles. The van der Waals surface area contributed by atoms with Crippen LogP contribution in [0.2, 0.25) is 0 Å². The van der Waals surface area contributed by atoms with Gasteiger partial charge < -0.3 is 10.2 Å². The first kappa shape index (κ1) is 13.2. The van der Waals surface area contributed by atoms with Gasteiger partial charge in [-0.2, -0.15) is 0 Å². The normalized spacial score (nSPS) is 9.82. The molecule has 0 fully saturated rings. The van der Waals surface area contributed by atoms with Gasteiger partial charge in [-0.1, -0.05) is 0 Å². The van der Waals surface area contributed by atoms with E-state index in [4.69, 9.17) is 0 Å². The van der Waals surface area contributed by atoms with E-state index in [1.54, 1.807) is 36.2 Å². The summed E-state index contributed by atoms with van der Waals surface area (Å²) in [4.78, 5) is 25.1. The van der Waals surface area contributed by atoms with Gasteiger partial charge in [-0.15, -0.1) is 0 Å². The van der Waals surface area contributed by atoms with Crippen molar-refractivity contribution >= 4 is 11.8 Å². The number of hydrogen-bond acceptors (Lipinski definition) is 2. The van der Waals surface area contributed by atoms with Gasteiger partial charge in [0.1, 0.15) is 0 Å². The second-order valence-corrected chi connectivity index (χ2v) is 3.63. The molecule has 17 heavy (non-hydrogen) atoms. The average Bonchev–Trinajstić information content (AvgIpc) is 2.39. The summed E-state index contributed by atoms with van der Waals surface area (Å²) in [5, 5.41) is 2.54. The number of benzene rings is 1. The molecule has 1 aromatic rings. The van der Waals surface area contributed by atoms with Crippen LogP contribution < -0.4 is 5.32 Å². The molecule has 4 heteroatoms. The summed E-state index contributed by atoms with van der Waals surface area (Å²) in [5.41, 5.74) is 1.17. The first-order chi connectivity index (χ1) is 8.13. The second kappa shape index (κ2) is 6.03. The molecule has 0 aliphatic carbocycles. The Labute approximate surface area is 102 Å². The highest BCUT2D eigenvalue weighted by atomic mass is 16.2. The minimum atomic E-state index is -0.146. The number of rotatable bonds is 4. The molecule has 1 N–H and O–H groups in total. The molecule has 0 aliphatic heterocycles. The van der Waals surface area contributed by atoms with E-state index in [1.165, 1.54) is 0 Å². The van der Waals surface area contributed by atoms with Gasteiger partial charge in [0.25, 0.3) is 11.8 Å².